The molecule has 1 aliphatic heterocycles. The molecule has 0 aliphatic carbocycles. The third kappa shape index (κ3) is 7.33. The molecule has 0 atom stereocenters. The number of hydrogen-bond acceptors (Lipinski definition) is 5. The van der Waals surface area contributed by atoms with Crippen LogP contribution in [0.1, 0.15) is 45.6 Å². The van der Waals surface area contributed by atoms with Gasteiger partial charge in [-0.05, 0) is 51.5 Å². The van der Waals surface area contributed by atoms with Gasteiger partial charge in [0.15, 0.2) is 0 Å². The molecule has 0 spiro atoms. The van der Waals surface area contributed by atoms with E-state index in [1.165, 1.54) is 0 Å². The van der Waals surface area contributed by atoms with Crippen LogP contribution in [0.2, 0.25) is 0 Å². The first kappa shape index (κ1) is 20.7. The Kier molecular flexibility index (Phi) is 7.06. The second-order valence-electron chi connectivity index (χ2n) is 7.71. The highest BCUT2D eigenvalue weighted by Gasteiger charge is 2.27. The first-order valence-corrected chi connectivity index (χ1v) is 10.6. The average molecular weight is 384 g/mol. The molecule has 0 N–H and O–H groups in total. The molecule has 1 saturated heterocycles. The monoisotopic (exact) mass is 383 g/mol. The first-order valence-electron chi connectivity index (χ1n) is 9.03. The predicted molar refractivity (Wildman–Crippen MR) is 100 cm³/mol. The maximum Gasteiger partial charge on any atom is 0.410 e. The standard InChI is InChI=1S/C19H29NO5S/c1-19(2,3)25-18(21)20-12-9-16(10-13-20)11-14-24-26(22,23)15-17-7-5-4-6-8-17/h4-8,16H,9-15H2,1-3H3. The van der Waals surface area contributed by atoms with Crippen molar-refractivity contribution in [3.8, 4) is 0 Å². The normalized spacial score (nSPS) is 16.5. The van der Waals surface area contributed by atoms with E-state index in [0.717, 1.165) is 18.4 Å². The van der Waals surface area contributed by atoms with Gasteiger partial charge in [0.05, 0.1) is 6.61 Å². The smallest absolute Gasteiger partial charge is 0.410 e. The topological polar surface area (TPSA) is 72.9 Å². The summed E-state index contributed by atoms with van der Waals surface area (Å²) in [6, 6.07) is 9.01. The van der Waals surface area contributed by atoms with Crippen LogP contribution in [0.3, 0.4) is 0 Å². The lowest BCUT2D eigenvalue weighted by Gasteiger charge is -2.33. The molecule has 1 amide bonds. The molecule has 0 saturated carbocycles. The summed E-state index contributed by atoms with van der Waals surface area (Å²) in [5.41, 5.74) is 0.229. The van der Waals surface area contributed by atoms with Gasteiger partial charge in [0.1, 0.15) is 11.4 Å². The molecule has 0 aromatic heterocycles. The van der Waals surface area contributed by atoms with E-state index in [0.29, 0.717) is 25.4 Å². The third-order valence-electron chi connectivity index (χ3n) is 4.24. The Hall–Kier alpha value is -1.60. The zero-order valence-electron chi connectivity index (χ0n) is 15.8. The number of rotatable bonds is 6. The summed E-state index contributed by atoms with van der Waals surface area (Å²) in [6.07, 6.45) is 2.07. The van der Waals surface area contributed by atoms with Crippen molar-refractivity contribution in [2.45, 2.75) is 51.4 Å². The van der Waals surface area contributed by atoms with Crippen molar-refractivity contribution in [1.29, 1.82) is 0 Å². The average Bonchev–Trinajstić information content (AvgIpc) is 2.54. The zero-order chi connectivity index (χ0) is 19.2. The van der Waals surface area contributed by atoms with Crippen LogP contribution in [-0.4, -0.2) is 44.7 Å². The molecule has 1 aromatic carbocycles. The molecular weight excluding hydrogens is 354 g/mol. The molecule has 0 bridgehead atoms. The van der Waals surface area contributed by atoms with Crippen LogP contribution in [0.25, 0.3) is 0 Å². The Balaban J connectivity index is 1.69. The van der Waals surface area contributed by atoms with E-state index in [-0.39, 0.29) is 18.5 Å². The number of benzene rings is 1. The summed E-state index contributed by atoms with van der Waals surface area (Å²) >= 11 is 0. The van der Waals surface area contributed by atoms with E-state index in [1.54, 1.807) is 17.0 Å². The second-order valence-corrected chi connectivity index (χ2v) is 9.35. The number of carbonyl (C=O) groups excluding carboxylic acids is 1. The second kappa shape index (κ2) is 8.86. The number of nitrogens with zero attached hydrogens (tertiary/aromatic N) is 1. The fourth-order valence-electron chi connectivity index (χ4n) is 2.89. The highest BCUT2D eigenvalue weighted by Crippen LogP contribution is 2.22. The van der Waals surface area contributed by atoms with Gasteiger partial charge in [0.25, 0.3) is 10.1 Å². The predicted octanol–water partition coefficient (Wildman–Crippen LogP) is 3.57. The van der Waals surface area contributed by atoms with E-state index in [1.807, 2.05) is 39.0 Å². The molecule has 0 unspecified atom stereocenters. The Morgan fingerprint density at radius 1 is 1.15 bits per heavy atom. The van der Waals surface area contributed by atoms with E-state index in [2.05, 4.69) is 0 Å². The van der Waals surface area contributed by atoms with E-state index in [9.17, 15) is 13.2 Å². The van der Waals surface area contributed by atoms with Crippen LogP contribution in [0.5, 0.6) is 0 Å². The van der Waals surface area contributed by atoms with Gasteiger partial charge in [-0.3, -0.25) is 4.18 Å². The van der Waals surface area contributed by atoms with Gasteiger partial charge in [-0.2, -0.15) is 8.42 Å². The van der Waals surface area contributed by atoms with Crippen LogP contribution < -0.4 is 0 Å². The van der Waals surface area contributed by atoms with Crippen molar-refractivity contribution in [3.63, 3.8) is 0 Å². The van der Waals surface area contributed by atoms with Crippen molar-refractivity contribution < 1.29 is 22.1 Å². The van der Waals surface area contributed by atoms with E-state index in [4.69, 9.17) is 8.92 Å². The Labute approximate surface area is 156 Å². The van der Waals surface area contributed by atoms with Crippen molar-refractivity contribution in [1.82, 2.24) is 4.90 Å². The summed E-state index contributed by atoms with van der Waals surface area (Å²) in [6.45, 7) is 7.01. The van der Waals surface area contributed by atoms with Gasteiger partial charge in [-0.25, -0.2) is 4.79 Å². The minimum absolute atomic E-state index is 0.106. The van der Waals surface area contributed by atoms with Crippen molar-refractivity contribution in [2.24, 2.45) is 5.92 Å². The summed E-state index contributed by atoms with van der Waals surface area (Å²) in [5, 5.41) is 0. The van der Waals surface area contributed by atoms with Gasteiger partial charge in [0.2, 0.25) is 0 Å². The first-order chi connectivity index (χ1) is 12.1. The molecule has 1 aliphatic rings. The highest BCUT2D eigenvalue weighted by atomic mass is 32.2. The Bertz CT molecular complexity index is 674. The lowest BCUT2D eigenvalue weighted by Crippen LogP contribution is -2.41. The number of amides is 1. The van der Waals surface area contributed by atoms with Crippen LogP contribution in [0.15, 0.2) is 30.3 Å². The summed E-state index contributed by atoms with van der Waals surface area (Å²) < 4.78 is 34.6. The molecule has 2 rings (SSSR count). The fourth-order valence-corrected chi connectivity index (χ4v) is 3.93. The number of likely N-dealkylation sites (tertiary alicyclic amines) is 1. The van der Waals surface area contributed by atoms with E-state index < -0.39 is 15.7 Å². The van der Waals surface area contributed by atoms with Gasteiger partial charge in [0, 0.05) is 13.1 Å². The Morgan fingerprint density at radius 2 is 1.77 bits per heavy atom. The number of ether oxygens (including phenoxy) is 1. The SMILES string of the molecule is CC(C)(C)OC(=O)N1CCC(CCOS(=O)(=O)Cc2ccccc2)CC1. The van der Waals surface area contributed by atoms with E-state index >= 15 is 0 Å². The molecule has 0 radical (unpaired) electrons. The maximum absolute atomic E-state index is 12.0. The van der Waals surface area contributed by atoms with Crippen molar-refractivity contribution >= 4 is 16.2 Å². The minimum Gasteiger partial charge on any atom is -0.444 e. The number of hydrogen-bond donors (Lipinski definition) is 0. The van der Waals surface area contributed by atoms with Gasteiger partial charge < -0.3 is 9.64 Å². The van der Waals surface area contributed by atoms with Crippen LogP contribution in [0, 0.1) is 5.92 Å². The quantitative estimate of drug-likeness (QED) is 0.702. The van der Waals surface area contributed by atoms with Crippen LogP contribution >= 0.6 is 0 Å². The Morgan fingerprint density at radius 3 is 2.35 bits per heavy atom. The van der Waals surface area contributed by atoms with Crippen molar-refractivity contribution in [3.05, 3.63) is 35.9 Å². The molecule has 1 heterocycles. The highest BCUT2D eigenvalue weighted by molar-refractivity contribution is 7.85. The molecule has 1 aromatic rings. The third-order valence-corrected chi connectivity index (χ3v) is 5.45. The van der Waals surface area contributed by atoms with Gasteiger partial charge in [-0.1, -0.05) is 30.3 Å². The molecule has 26 heavy (non-hydrogen) atoms. The lowest BCUT2D eigenvalue weighted by molar-refractivity contribution is 0.0177. The van der Waals surface area contributed by atoms with Gasteiger partial charge >= 0.3 is 6.09 Å². The summed E-state index contributed by atoms with van der Waals surface area (Å²) in [4.78, 5) is 13.8. The summed E-state index contributed by atoms with van der Waals surface area (Å²) in [7, 11) is -3.56. The minimum atomic E-state index is -3.56. The molecular formula is C19H29NO5S. The zero-order valence-corrected chi connectivity index (χ0v) is 16.6. The molecule has 6 nitrogen and oxygen atoms in total. The van der Waals surface area contributed by atoms with Gasteiger partial charge in [-0.15, -0.1) is 0 Å². The number of piperidine rings is 1. The summed E-state index contributed by atoms with van der Waals surface area (Å²) in [5.74, 6) is 0.255. The number of carbonyl (C=O) groups is 1. The lowest BCUT2D eigenvalue weighted by atomic mass is 9.94. The molecule has 146 valence electrons. The van der Waals surface area contributed by atoms with Crippen LogP contribution in [0.4, 0.5) is 4.79 Å². The molecule has 1 fully saturated rings. The van der Waals surface area contributed by atoms with Crippen molar-refractivity contribution in [2.75, 3.05) is 19.7 Å². The van der Waals surface area contributed by atoms with Crippen LogP contribution in [-0.2, 0) is 24.8 Å². The maximum atomic E-state index is 12.0. The fraction of sp³-hybridized carbons (Fsp3) is 0.632. The molecule has 7 heteroatoms. The largest absolute Gasteiger partial charge is 0.444 e.